The first-order valence-corrected chi connectivity index (χ1v) is 12.1. The third kappa shape index (κ3) is 4.43. The van der Waals surface area contributed by atoms with Gasteiger partial charge < -0.3 is 9.80 Å². The molecule has 172 valence electrons. The molecule has 1 saturated heterocycles. The van der Waals surface area contributed by atoms with E-state index in [9.17, 15) is 19.2 Å². The molecule has 1 aromatic rings. The largest absolute Gasteiger partial charge is 0.341 e. The molecule has 2 heterocycles. The number of rotatable bonds is 5. The molecule has 7 heteroatoms. The van der Waals surface area contributed by atoms with Crippen molar-refractivity contribution in [1.82, 2.24) is 14.7 Å². The van der Waals surface area contributed by atoms with E-state index in [0.717, 1.165) is 51.4 Å². The number of carbonyl (C=O) groups excluding carboxylic acids is 4. The van der Waals surface area contributed by atoms with E-state index in [2.05, 4.69) is 6.92 Å². The van der Waals surface area contributed by atoms with Gasteiger partial charge in [0.05, 0.1) is 11.1 Å². The first kappa shape index (κ1) is 22.5. The lowest BCUT2D eigenvalue weighted by atomic mass is 9.94. The van der Waals surface area contributed by atoms with E-state index in [1.807, 2.05) is 4.90 Å². The average Bonchev–Trinajstić information content (AvgIpc) is 2.97. The summed E-state index contributed by atoms with van der Waals surface area (Å²) in [6, 6.07) is 4.85. The van der Waals surface area contributed by atoms with Crippen LogP contribution >= 0.6 is 0 Å². The van der Waals surface area contributed by atoms with Crippen LogP contribution in [0.1, 0.15) is 95.8 Å². The second-order valence-electron chi connectivity index (χ2n) is 9.16. The van der Waals surface area contributed by atoms with Gasteiger partial charge in [-0.15, -0.1) is 0 Å². The van der Waals surface area contributed by atoms with Crippen molar-refractivity contribution in [3.05, 3.63) is 34.9 Å². The van der Waals surface area contributed by atoms with Gasteiger partial charge in [-0.05, 0) is 43.9 Å². The lowest BCUT2D eigenvalue weighted by Gasteiger charge is -2.29. The summed E-state index contributed by atoms with van der Waals surface area (Å²) in [5, 5.41) is 0. The number of imide groups is 1. The predicted octanol–water partition coefficient (Wildman–Crippen LogP) is 3.48. The Morgan fingerprint density at radius 3 is 2.31 bits per heavy atom. The highest BCUT2D eigenvalue weighted by atomic mass is 16.2. The van der Waals surface area contributed by atoms with E-state index in [4.69, 9.17) is 0 Å². The molecular formula is C25H33N3O4. The van der Waals surface area contributed by atoms with Crippen molar-refractivity contribution < 1.29 is 19.2 Å². The van der Waals surface area contributed by atoms with Gasteiger partial charge in [-0.1, -0.05) is 32.6 Å². The Balaban J connectivity index is 1.45. The van der Waals surface area contributed by atoms with E-state index in [1.165, 1.54) is 4.90 Å². The molecule has 0 atom stereocenters. The predicted molar refractivity (Wildman–Crippen MR) is 120 cm³/mol. The highest BCUT2D eigenvalue weighted by Gasteiger charge is 2.40. The summed E-state index contributed by atoms with van der Waals surface area (Å²) in [6.07, 6.45) is 8.11. The zero-order chi connectivity index (χ0) is 22.7. The molecule has 2 aliphatic heterocycles. The fraction of sp³-hybridized carbons (Fsp3) is 0.600. The number of hydrogen-bond donors (Lipinski definition) is 0. The Morgan fingerprint density at radius 1 is 0.875 bits per heavy atom. The maximum absolute atomic E-state index is 13.2. The zero-order valence-electron chi connectivity index (χ0n) is 19.0. The first-order chi connectivity index (χ1) is 15.5. The van der Waals surface area contributed by atoms with Gasteiger partial charge in [0.1, 0.15) is 0 Å². The maximum Gasteiger partial charge on any atom is 0.261 e. The van der Waals surface area contributed by atoms with E-state index in [1.54, 1.807) is 23.1 Å². The summed E-state index contributed by atoms with van der Waals surface area (Å²) >= 11 is 0. The summed E-state index contributed by atoms with van der Waals surface area (Å²) in [5.74, 6) is -0.486. The van der Waals surface area contributed by atoms with Crippen LogP contribution in [0.2, 0.25) is 0 Å². The van der Waals surface area contributed by atoms with Gasteiger partial charge in [0.25, 0.3) is 17.7 Å². The number of amides is 4. The summed E-state index contributed by atoms with van der Waals surface area (Å²) in [5.41, 5.74) is 1.18. The summed E-state index contributed by atoms with van der Waals surface area (Å²) < 4.78 is 0. The maximum atomic E-state index is 13.2. The highest BCUT2D eigenvalue weighted by molar-refractivity contribution is 6.22. The second-order valence-corrected chi connectivity index (χ2v) is 9.16. The number of benzene rings is 1. The SMILES string of the molecule is CCCCC(=O)N1CCCN(C(=O)c2ccc3c(c2)C(=O)N(C2CCCCC2)C3=O)CC1. The molecule has 0 unspecified atom stereocenters. The number of nitrogens with zero attached hydrogens (tertiary/aromatic N) is 3. The second kappa shape index (κ2) is 9.84. The van der Waals surface area contributed by atoms with E-state index < -0.39 is 0 Å². The first-order valence-electron chi connectivity index (χ1n) is 12.1. The van der Waals surface area contributed by atoms with Gasteiger partial charge >= 0.3 is 0 Å². The number of hydrogen-bond acceptors (Lipinski definition) is 4. The molecule has 4 rings (SSSR count). The van der Waals surface area contributed by atoms with Gasteiger partial charge in [0.15, 0.2) is 0 Å². The Kier molecular flexibility index (Phi) is 6.92. The molecule has 0 spiro atoms. The molecule has 0 bridgehead atoms. The molecule has 4 amide bonds. The van der Waals surface area contributed by atoms with Crippen LogP contribution in [0.3, 0.4) is 0 Å². The van der Waals surface area contributed by atoms with Gasteiger partial charge in [-0.2, -0.15) is 0 Å². The standard InChI is InChI=1S/C25H33N3O4/c1-2-3-10-22(29)26-13-7-14-27(16-15-26)23(30)18-11-12-20-21(17-18)25(32)28(24(20)31)19-8-5-4-6-9-19/h11-12,17,19H,2-10,13-16H2,1H3. The normalized spacial score (nSPS) is 19.8. The molecule has 0 aromatic heterocycles. The number of unbranched alkanes of at least 4 members (excludes halogenated alkanes) is 1. The van der Waals surface area contributed by atoms with Crippen LogP contribution in [0.5, 0.6) is 0 Å². The number of fused-ring (bicyclic) bond motifs is 1. The van der Waals surface area contributed by atoms with Gasteiger partial charge in [-0.3, -0.25) is 24.1 Å². The van der Waals surface area contributed by atoms with Crippen LogP contribution in [0, 0.1) is 0 Å². The topological polar surface area (TPSA) is 78.0 Å². The van der Waals surface area contributed by atoms with E-state index in [0.29, 0.717) is 49.3 Å². The lowest BCUT2D eigenvalue weighted by Crippen LogP contribution is -2.40. The van der Waals surface area contributed by atoms with Crippen LogP contribution in [0.25, 0.3) is 0 Å². The monoisotopic (exact) mass is 439 g/mol. The van der Waals surface area contributed by atoms with Crippen LogP contribution < -0.4 is 0 Å². The van der Waals surface area contributed by atoms with Gasteiger partial charge in [0, 0.05) is 44.2 Å². The van der Waals surface area contributed by atoms with Gasteiger partial charge in [-0.25, -0.2) is 0 Å². The third-order valence-corrected chi connectivity index (χ3v) is 6.98. The fourth-order valence-electron chi connectivity index (χ4n) is 5.10. The van der Waals surface area contributed by atoms with E-state index >= 15 is 0 Å². The summed E-state index contributed by atoms with van der Waals surface area (Å²) in [6.45, 7) is 4.33. The summed E-state index contributed by atoms with van der Waals surface area (Å²) in [4.78, 5) is 56.5. The quantitative estimate of drug-likeness (QED) is 0.658. The Hall–Kier alpha value is -2.70. The van der Waals surface area contributed by atoms with Crippen molar-refractivity contribution in [2.75, 3.05) is 26.2 Å². The molecule has 1 aromatic carbocycles. The van der Waals surface area contributed by atoms with Crippen molar-refractivity contribution in [2.45, 2.75) is 70.8 Å². The molecule has 7 nitrogen and oxygen atoms in total. The van der Waals surface area contributed by atoms with E-state index in [-0.39, 0.29) is 29.7 Å². The van der Waals surface area contributed by atoms with Crippen molar-refractivity contribution >= 4 is 23.6 Å². The van der Waals surface area contributed by atoms with Crippen LogP contribution in [0.15, 0.2) is 18.2 Å². The van der Waals surface area contributed by atoms with Crippen molar-refractivity contribution in [2.24, 2.45) is 0 Å². The van der Waals surface area contributed by atoms with Crippen molar-refractivity contribution in [1.29, 1.82) is 0 Å². The zero-order valence-corrected chi connectivity index (χ0v) is 19.0. The molecule has 32 heavy (non-hydrogen) atoms. The molecule has 1 saturated carbocycles. The van der Waals surface area contributed by atoms with Crippen molar-refractivity contribution in [3.8, 4) is 0 Å². The fourth-order valence-corrected chi connectivity index (χ4v) is 5.10. The Morgan fingerprint density at radius 2 is 1.56 bits per heavy atom. The van der Waals surface area contributed by atoms with Gasteiger partial charge in [0.2, 0.25) is 5.91 Å². The smallest absolute Gasteiger partial charge is 0.261 e. The minimum Gasteiger partial charge on any atom is -0.341 e. The Bertz CT molecular complexity index is 906. The molecule has 2 fully saturated rings. The minimum atomic E-state index is -0.268. The van der Waals surface area contributed by atoms with Crippen LogP contribution in [-0.2, 0) is 4.79 Å². The Labute approximate surface area is 189 Å². The molecule has 0 N–H and O–H groups in total. The third-order valence-electron chi connectivity index (χ3n) is 6.98. The molecule has 3 aliphatic rings. The number of carbonyl (C=O) groups is 4. The summed E-state index contributed by atoms with van der Waals surface area (Å²) in [7, 11) is 0. The molecule has 0 radical (unpaired) electrons. The molecule has 1 aliphatic carbocycles. The average molecular weight is 440 g/mol. The highest BCUT2D eigenvalue weighted by Crippen LogP contribution is 2.31. The lowest BCUT2D eigenvalue weighted by molar-refractivity contribution is -0.131. The minimum absolute atomic E-state index is 0.0304. The van der Waals surface area contributed by atoms with Crippen molar-refractivity contribution in [3.63, 3.8) is 0 Å². The van der Waals surface area contributed by atoms with Crippen LogP contribution in [-0.4, -0.2) is 70.5 Å². The molecular weight excluding hydrogens is 406 g/mol. The van der Waals surface area contributed by atoms with Crippen LogP contribution in [0.4, 0.5) is 0 Å².